The van der Waals surface area contributed by atoms with Gasteiger partial charge in [0.05, 0.1) is 0 Å². The molecular formula is ClCr2FeO7. The fourth-order valence-electron chi connectivity index (χ4n) is 0.102. The molecule has 1 radical (unpaired) electrons. The average Bonchev–Trinajstić information content (AvgIpc) is 1.14. The summed E-state index contributed by atoms with van der Waals surface area (Å²) < 4.78 is 58.9. The summed E-state index contributed by atoms with van der Waals surface area (Å²) in [6, 6.07) is 0. The molecule has 0 atom stereocenters. The zero-order chi connectivity index (χ0) is 7.71. The van der Waals surface area contributed by atoms with Gasteiger partial charge in [-0.1, -0.05) is 0 Å². The molecule has 0 rings (SSSR count). The third kappa shape index (κ3) is 18.2. The SMILES string of the molecule is [Cl-].[Fe+3].[O]=[Cr](=[O])([O-])[O][Cr](=[O])(=[O])[O-]. The zero-order valence-electron chi connectivity index (χ0n) is 4.41. The molecule has 0 saturated carbocycles. The van der Waals surface area contributed by atoms with Gasteiger partial charge in [-0.2, -0.15) is 0 Å². The Hall–Kier alpha value is 0.954. The second-order valence-corrected chi connectivity index (χ2v) is 4.52. The first-order valence-electron chi connectivity index (χ1n) is 1.33. The molecule has 11 heavy (non-hydrogen) atoms. The summed E-state index contributed by atoms with van der Waals surface area (Å²) in [5.41, 5.74) is 0. The van der Waals surface area contributed by atoms with E-state index < -0.39 is 27.2 Å². The Kier molecular flexibility index (Phi) is 9.07. The number of rotatable bonds is 2. The summed E-state index contributed by atoms with van der Waals surface area (Å²) in [6.07, 6.45) is 0. The summed E-state index contributed by atoms with van der Waals surface area (Å²) in [7, 11) is 0. The summed E-state index contributed by atoms with van der Waals surface area (Å²) in [4.78, 5) is 0. The van der Waals surface area contributed by atoms with Crippen LogP contribution in [0.4, 0.5) is 0 Å². The van der Waals surface area contributed by atoms with Gasteiger partial charge in [0.15, 0.2) is 0 Å². The van der Waals surface area contributed by atoms with Crippen LogP contribution < -0.4 is 20.7 Å². The monoisotopic (exact) mass is 307 g/mol. The molecular weight excluding hydrogens is 307 g/mol. The minimum atomic E-state index is -6.07. The van der Waals surface area contributed by atoms with Crippen LogP contribution in [0, 0.1) is 0 Å². The Balaban J connectivity index is -0.000000320. The second-order valence-electron chi connectivity index (χ2n) is 0.885. The molecule has 0 aromatic heterocycles. The minimum absolute atomic E-state index is 0. The van der Waals surface area contributed by atoms with Crippen LogP contribution in [0.2, 0.25) is 0 Å². The van der Waals surface area contributed by atoms with Crippen LogP contribution >= 0.6 is 0 Å². The van der Waals surface area contributed by atoms with E-state index in [1.54, 1.807) is 0 Å². The van der Waals surface area contributed by atoms with E-state index in [0.29, 0.717) is 0 Å². The van der Waals surface area contributed by atoms with Crippen molar-refractivity contribution in [1.29, 1.82) is 0 Å². The molecule has 0 N–H and O–H groups in total. The van der Waals surface area contributed by atoms with Gasteiger partial charge in [0.25, 0.3) is 0 Å². The zero-order valence-corrected chi connectivity index (χ0v) is 8.82. The van der Waals surface area contributed by atoms with E-state index in [0.717, 1.165) is 0 Å². The van der Waals surface area contributed by atoms with E-state index >= 15 is 0 Å². The van der Waals surface area contributed by atoms with E-state index in [2.05, 4.69) is 2.84 Å². The summed E-state index contributed by atoms with van der Waals surface area (Å²) >= 11 is -12.1. The maximum atomic E-state index is 9.38. The van der Waals surface area contributed by atoms with Crippen LogP contribution in [-0.2, 0) is 62.3 Å². The molecule has 0 amide bonds. The topological polar surface area (TPSA) is 124 Å². The molecule has 0 fully saturated rings. The van der Waals surface area contributed by atoms with Crippen molar-refractivity contribution >= 4 is 0 Å². The van der Waals surface area contributed by atoms with Crippen LogP contribution in [0.5, 0.6) is 0 Å². The van der Waals surface area contributed by atoms with E-state index in [1.165, 1.54) is 0 Å². The quantitative estimate of drug-likeness (QED) is 0.465. The molecule has 0 bridgehead atoms. The predicted molar refractivity (Wildman–Crippen MR) is 3.83 cm³/mol. The Morgan fingerprint density at radius 1 is 0.909 bits per heavy atom. The van der Waals surface area contributed by atoms with E-state index in [4.69, 9.17) is 0 Å². The first-order valence-corrected chi connectivity index (χ1v) is 5.50. The van der Waals surface area contributed by atoms with Crippen LogP contribution in [0.25, 0.3) is 0 Å². The Morgan fingerprint density at radius 3 is 1.09 bits per heavy atom. The van der Waals surface area contributed by atoms with Gasteiger partial charge in [0, 0.05) is 0 Å². The number of hydrogen-bond acceptors (Lipinski definition) is 7. The van der Waals surface area contributed by atoms with E-state index in [1.807, 2.05) is 0 Å². The van der Waals surface area contributed by atoms with Crippen molar-refractivity contribution in [3.05, 3.63) is 0 Å². The molecule has 0 aliphatic heterocycles. The molecule has 0 spiro atoms. The molecule has 0 saturated heterocycles. The van der Waals surface area contributed by atoms with Crippen molar-refractivity contribution in [2.24, 2.45) is 0 Å². The average molecular weight is 307 g/mol. The van der Waals surface area contributed by atoms with Crippen molar-refractivity contribution < 1.29 is 83.1 Å². The van der Waals surface area contributed by atoms with Crippen molar-refractivity contribution in [3.8, 4) is 0 Å². The fourth-order valence-corrected chi connectivity index (χ4v) is 1.74. The number of halogens is 1. The van der Waals surface area contributed by atoms with Gasteiger partial charge in [0.2, 0.25) is 0 Å². The normalized spacial score (nSPS) is 11.1. The first-order chi connectivity index (χ1) is 3.71. The van der Waals surface area contributed by atoms with Crippen LogP contribution in [0.15, 0.2) is 0 Å². The molecule has 69 valence electrons. The molecule has 11 heteroatoms. The predicted octanol–water partition coefficient (Wildman–Crippen LogP) is -5.93. The van der Waals surface area contributed by atoms with Gasteiger partial charge in [-0.25, -0.2) is 0 Å². The van der Waals surface area contributed by atoms with Gasteiger partial charge in [0.1, 0.15) is 0 Å². The molecule has 0 heterocycles. The second kappa shape index (κ2) is 5.57. The molecule has 0 aromatic carbocycles. The van der Waals surface area contributed by atoms with Gasteiger partial charge < -0.3 is 12.4 Å². The molecule has 0 unspecified atom stereocenters. The van der Waals surface area contributed by atoms with Crippen molar-refractivity contribution in [1.82, 2.24) is 0 Å². The van der Waals surface area contributed by atoms with Gasteiger partial charge >= 0.3 is 70.7 Å². The summed E-state index contributed by atoms with van der Waals surface area (Å²) in [5, 5.41) is 0. The fraction of sp³-hybridized carbons (Fsp3) is 0. The van der Waals surface area contributed by atoms with Crippen molar-refractivity contribution in [3.63, 3.8) is 0 Å². The van der Waals surface area contributed by atoms with Crippen molar-refractivity contribution in [2.75, 3.05) is 0 Å². The van der Waals surface area contributed by atoms with Crippen LogP contribution in [0.1, 0.15) is 0 Å². The molecule has 0 aromatic rings. The Bertz CT molecular complexity index is 242. The van der Waals surface area contributed by atoms with Gasteiger partial charge in [-0.3, -0.25) is 0 Å². The maximum absolute atomic E-state index is 9.38. The Morgan fingerprint density at radius 2 is 1.09 bits per heavy atom. The molecule has 0 aliphatic rings. The third-order valence-corrected chi connectivity index (χ3v) is 2.83. The number of hydrogen-bond donors (Lipinski definition) is 0. The standard InChI is InChI=1S/ClH.2Cr.Fe.7O/h1H;;;;;;;;;;/q;;;+3;;;;;;2*-1/p-1. The molecule has 7 nitrogen and oxygen atoms in total. The molecule has 0 aliphatic carbocycles. The van der Waals surface area contributed by atoms with Crippen LogP contribution in [-0.4, -0.2) is 0 Å². The summed E-state index contributed by atoms with van der Waals surface area (Å²) in [5.74, 6) is 0. The van der Waals surface area contributed by atoms with E-state index in [-0.39, 0.29) is 29.5 Å². The van der Waals surface area contributed by atoms with E-state index in [9.17, 15) is 23.5 Å². The Labute approximate surface area is 82.8 Å². The first kappa shape index (κ1) is 17.9. The van der Waals surface area contributed by atoms with Gasteiger partial charge in [-0.05, 0) is 0 Å². The summed E-state index contributed by atoms with van der Waals surface area (Å²) in [6.45, 7) is 0. The van der Waals surface area contributed by atoms with Gasteiger partial charge in [-0.15, -0.1) is 0 Å². The third-order valence-electron chi connectivity index (χ3n) is 0.167. The van der Waals surface area contributed by atoms with Crippen LogP contribution in [0.3, 0.4) is 0 Å². The van der Waals surface area contributed by atoms with Crippen molar-refractivity contribution in [2.45, 2.75) is 0 Å².